The number of cyclic esters (lactones) is 1. The first-order valence-electron chi connectivity index (χ1n) is 8.57. The second-order valence-corrected chi connectivity index (χ2v) is 7.48. The molecule has 158 valence electrons. The Morgan fingerprint density at radius 2 is 1.97 bits per heavy atom. The van der Waals surface area contributed by atoms with Crippen LogP contribution in [0.3, 0.4) is 0 Å². The number of hydrogen-bond acceptors (Lipinski definition) is 7. The molecule has 1 aliphatic heterocycles. The highest BCUT2D eigenvalue weighted by Gasteiger charge is 2.44. The molecule has 0 fully saturated rings. The molecule has 1 atom stereocenters. The lowest BCUT2D eigenvalue weighted by atomic mass is 9.87. The SMILES string of the molecule is COC(=O)CCC=CCc1c(OC)c(C)c2c(c1C(=O)C(F)(Cl)Cl)C(=O)OC2N. The van der Waals surface area contributed by atoms with Gasteiger partial charge < -0.3 is 14.2 Å². The molecular formula is C19H20Cl2FNO6. The number of Topliss-reactive ketones (excluding diaryl/α,β-unsaturated/α-hetero) is 1. The minimum absolute atomic E-state index is 0.0753. The Balaban J connectivity index is 2.59. The average molecular weight is 448 g/mol. The summed E-state index contributed by atoms with van der Waals surface area (Å²) in [6.07, 6.45) is 2.81. The molecule has 0 aliphatic carbocycles. The third-order valence-corrected chi connectivity index (χ3v) is 4.83. The van der Waals surface area contributed by atoms with Gasteiger partial charge in [-0.2, -0.15) is 4.39 Å². The number of carbonyl (C=O) groups is 3. The van der Waals surface area contributed by atoms with Crippen LogP contribution in [0.25, 0.3) is 0 Å². The third-order valence-electron chi connectivity index (χ3n) is 4.48. The summed E-state index contributed by atoms with van der Waals surface area (Å²) in [6, 6.07) is 0. The highest BCUT2D eigenvalue weighted by molar-refractivity contribution is 6.58. The number of esters is 2. The van der Waals surface area contributed by atoms with Gasteiger partial charge in [-0.1, -0.05) is 35.4 Å². The predicted octanol–water partition coefficient (Wildman–Crippen LogP) is 3.47. The van der Waals surface area contributed by atoms with Gasteiger partial charge in [0.1, 0.15) is 5.75 Å². The van der Waals surface area contributed by atoms with Gasteiger partial charge in [0.05, 0.1) is 19.8 Å². The summed E-state index contributed by atoms with van der Waals surface area (Å²) in [6.45, 7) is 1.64. The van der Waals surface area contributed by atoms with Crippen LogP contribution >= 0.6 is 23.2 Å². The molecule has 1 aromatic rings. The molecule has 2 N–H and O–H groups in total. The first kappa shape index (κ1) is 23.1. The molecule has 7 nitrogen and oxygen atoms in total. The number of halogens is 3. The maximum Gasteiger partial charge on any atom is 0.341 e. The van der Waals surface area contributed by atoms with Crippen LogP contribution in [0, 0.1) is 6.92 Å². The summed E-state index contributed by atoms with van der Waals surface area (Å²) in [5.74, 6) is -2.34. The average Bonchev–Trinajstić information content (AvgIpc) is 2.94. The van der Waals surface area contributed by atoms with Gasteiger partial charge in [0, 0.05) is 28.7 Å². The van der Waals surface area contributed by atoms with Crippen LogP contribution in [0.2, 0.25) is 0 Å². The number of methoxy groups -OCH3 is 2. The van der Waals surface area contributed by atoms with Gasteiger partial charge in [0.2, 0.25) is 5.78 Å². The van der Waals surface area contributed by atoms with Gasteiger partial charge in [-0.25, -0.2) is 4.79 Å². The Labute approximate surface area is 176 Å². The topological polar surface area (TPSA) is 105 Å². The van der Waals surface area contributed by atoms with E-state index in [0.29, 0.717) is 12.0 Å². The molecule has 0 spiro atoms. The number of alkyl halides is 3. The molecule has 0 saturated heterocycles. The molecule has 0 bridgehead atoms. The quantitative estimate of drug-likeness (QED) is 0.281. The van der Waals surface area contributed by atoms with Crippen molar-refractivity contribution in [1.29, 1.82) is 0 Å². The molecule has 29 heavy (non-hydrogen) atoms. The van der Waals surface area contributed by atoms with Crippen molar-refractivity contribution in [2.75, 3.05) is 14.2 Å². The number of hydrogen-bond donors (Lipinski definition) is 1. The van der Waals surface area contributed by atoms with Crippen LogP contribution < -0.4 is 10.5 Å². The van der Waals surface area contributed by atoms with Gasteiger partial charge in [-0.3, -0.25) is 15.3 Å². The largest absolute Gasteiger partial charge is 0.496 e. The Hall–Kier alpha value is -2.16. The van der Waals surface area contributed by atoms with Crippen molar-refractivity contribution in [2.45, 2.75) is 37.0 Å². The summed E-state index contributed by atoms with van der Waals surface area (Å²) < 4.78 is 25.8. The molecule has 1 aromatic carbocycles. The standard InChI is InChI=1S/C19H20Cl2FNO6/c1-9-12-14(18(26)29-17(12)23)13(16(25)19(20,21)22)10(15(9)28-3)7-5-4-6-8-11(24)27-2/h4-5,17H,6-8,23H2,1-3H3. The summed E-state index contributed by atoms with van der Waals surface area (Å²) in [5.41, 5.74) is 6.22. The van der Waals surface area contributed by atoms with Crippen LogP contribution in [0.4, 0.5) is 4.39 Å². The minimum atomic E-state index is -3.27. The van der Waals surface area contributed by atoms with E-state index in [1.165, 1.54) is 14.2 Å². The fourth-order valence-corrected chi connectivity index (χ4v) is 3.41. The number of ether oxygens (including phenoxy) is 3. The van der Waals surface area contributed by atoms with E-state index in [2.05, 4.69) is 4.74 Å². The van der Waals surface area contributed by atoms with E-state index in [9.17, 15) is 18.8 Å². The maximum atomic E-state index is 14.1. The number of rotatable bonds is 8. The molecule has 0 saturated carbocycles. The number of benzene rings is 1. The van der Waals surface area contributed by atoms with Gasteiger partial charge in [-0.05, 0) is 19.8 Å². The van der Waals surface area contributed by atoms with E-state index in [1.54, 1.807) is 19.1 Å². The lowest BCUT2D eigenvalue weighted by molar-refractivity contribution is -0.140. The molecular weight excluding hydrogens is 428 g/mol. The Morgan fingerprint density at radius 3 is 2.52 bits per heavy atom. The fourth-order valence-electron chi connectivity index (χ4n) is 3.22. The molecule has 2 rings (SSSR count). The van der Waals surface area contributed by atoms with Crippen molar-refractivity contribution in [3.05, 3.63) is 40.0 Å². The maximum absolute atomic E-state index is 14.1. The van der Waals surface area contributed by atoms with E-state index in [4.69, 9.17) is 38.4 Å². The number of carbonyl (C=O) groups excluding carboxylic acids is 3. The second kappa shape index (κ2) is 9.11. The second-order valence-electron chi connectivity index (χ2n) is 6.24. The zero-order valence-electron chi connectivity index (χ0n) is 16.0. The van der Waals surface area contributed by atoms with Crippen molar-refractivity contribution < 1.29 is 33.0 Å². The lowest BCUT2D eigenvalue weighted by Gasteiger charge is -2.20. The summed E-state index contributed by atoms with van der Waals surface area (Å²) in [7, 11) is 2.65. The van der Waals surface area contributed by atoms with Crippen LogP contribution in [0.15, 0.2) is 12.2 Å². The minimum Gasteiger partial charge on any atom is -0.496 e. The number of fused-ring (bicyclic) bond motifs is 1. The zero-order valence-corrected chi connectivity index (χ0v) is 17.5. The molecule has 1 heterocycles. The van der Waals surface area contributed by atoms with Gasteiger partial charge in [-0.15, -0.1) is 0 Å². The van der Waals surface area contributed by atoms with E-state index < -0.39 is 22.6 Å². The van der Waals surface area contributed by atoms with Gasteiger partial charge in [0.15, 0.2) is 6.23 Å². The molecule has 10 heteroatoms. The van der Waals surface area contributed by atoms with Crippen LogP contribution in [-0.2, 0) is 20.7 Å². The molecule has 0 aromatic heterocycles. The van der Waals surface area contributed by atoms with E-state index in [-0.39, 0.29) is 46.8 Å². The first-order chi connectivity index (χ1) is 13.5. The number of nitrogens with two attached hydrogens (primary N) is 1. The van der Waals surface area contributed by atoms with Crippen molar-refractivity contribution in [2.24, 2.45) is 5.73 Å². The highest BCUT2D eigenvalue weighted by atomic mass is 35.5. The lowest BCUT2D eigenvalue weighted by Crippen LogP contribution is -2.25. The van der Waals surface area contributed by atoms with E-state index in [1.807, 2.05) is 0 Å². The van der Waals surface area contributed by atoms with E-state index in [0.717, 1.165) is 0 Å². The molecule has 0 amide bonds. The van der Waals surface area contributed by atoms with Crippen molar-refractivity contribution in [3.63, 3.8) is 0 Å². The number of ketones is 1. The fraction of sp³-hybridized carbons (Fsp3) is 0.421. The van der Waals surface area contributed by atoms with Crippen LogP contribution in [0.1, 0.15) is 56.5 Å². The molecule has 1 aliphatic rings. The summed E-state index contributed by atoms with van der Waals surface area (Å²) in [5, 5.41) is 0. The zero-order chi connectivity index (χ0) is 21.9. The van der Waals surface area contributed by atoms with Crippen molar-refractivity contribution >= 4 is 40.9 Å². The molecule has 1 unspecified atom stereocenters. The van der Waals surface area contributed by atoms with Crippen LogP contribution in [0.5, 0.6) is 5.75 Å². The Bertz CT molecular complexity index is 879. The van der Waals surface area contributed by atoms with Crippen molar-refractivity contribution in [1.82, 2.24) is 0 Å². The van der Waals surface area contributed by atoms with E-state index >= 15 is 0 Å². The summed E-state index contributed by atoms with van der Waals surface area (Å²) in [4.78, 5) is 36.2. The predicted molar refractivity (Wildman–Crippen MR) is 104 cm³/mol. The smallest absolute Gasteiger partial charge is 0.341 e. The van der Waals surface area contributed by atoms with Crippen molar-refractivity contribution in [3.8, 4) is 5.75 Å². The van der Waals surface area contributed by atoms with Crippen LogP contribution in [-0.4, -0.2) is 36.5 Å². The van der Waals surface area contributed by atoms with Gasteiger partial charge in [0.25, 0.3) is 0 Å². The number of allylic oxidation sites excluding steroid dienone is 2. The highest BCUT2D eigenvalue weighted by Crippen LogP contribution is 2.43. The monoisotopic (exact) mass is 447 g/mol. The molecule has 0 radical (unpaired) electrons. The normalized spacial score (nSPS) is 16.0. The third kappa shape index (κ3) is 4.71. The Kier molecular flexibility index (Phi) is 7.26. The first-order valence-corrected chi connectivity index (χ1v) is 9.33. The van der Waals surface area contributed by atoms with Gasteiger partial charge >= 0.3 is 16.5 Å². The Morgan fingerprint density at radius 1 is 1.31 bits per heavy atom. The summed E-state index contributed by atoms with van der Waals surface area (Å²) >= 11 is 10.8.